The smallest absolute Gasteiger partial charge is 0.193 e. The van der Waals surface area contributed by atoms with Crippen LogP contribution in [0.25, 0.3) is 33.2 Å². The lowest BCUT2D eigenvalue weighted by molar-refractivity contribution is 0.619. The van der Waals surface area contributed by atoms with Gasteiger partial charge in [-0.25, -0.2) is 0 Å². The Kier molecular flexibility index (Phi) is 2.81. The lowest BCUT2D eigenvalue weighted by Gasteiger charge is -2.03. The van der Waals surface area contributed by atoms with Crippen LogP contribution in [0.2, 0.25) is 5.02 Å². The minimum atomic E-state index is -0.106. The zero-order chi connectivity index (χ0) is 15.3. The molecule has 0 atom stereocenters. The van der Waals surface area contributed by atoms with Crippen LogP contribution in [-0.4, -0.2) is 9.78 Å². The van der Waals surface area contributed by atoms with Gasteiger partial charge in [-0.15, -0.1) is 0 Å². The zero-order valence-corrected chi connectivity index (χ0v) is 12.5. The fraction of sp³-hybridized carbons (Fsp3) is 0.0588. The van der Waals surface area contributed by atoms with Gasteiger partial charge in [0.1, 0.15) is 11.3 Å². The second-order valence-corrected chi connectivity index (χ2v) is 5.63. The van der Waals surface area contributed by atoms with Crippen molar-refractivity contribution in [2.75, 3.05) is 0 Å². The average Bonchev–Trinajstić information content (AvgIpc) is 2.87. The molecule has 0 fully saturated rings. The van der Waals surface area contributed by atoms with E-state index in [-0.39, 0.29) is 5.43 Å². The Morgan fingerprint density at radius 3 is 2.86 bits per heavy atom. The van der Waals surface area contributed by atoms with Crippen molar-refractivity contribution in [3.8, 4) is 11.3 Å². The molecule has 22 heavy (non-hydrogen) atoms. The number of fused-ring (bicyclic) bond motifs is 2. The summed E-state index contributed by atoms with van der Waals surface area (Å²) in [6.45, 7) is 0. The number of benzene rings is 2. The van der Waals surface area contributed by atoms with Crippen molar-refractivity contribution in [3.63, 3.8) is 0 Å². The zero-order valence-electron chi connectivity index (χ0n) is 11.7. The Morgan fingerprint density at radius 2 is 2.00 bits per heavy atom. The third-order valence-corrected chi connectivity index (χ3v) is 3.83. The number of hydrogen-bond acceptors (Lipinski definition) is 3. The van der Waals surface area contributed by atoms with Gasteiger partial charge in [-0.2, -0.15) is 5.10 Å². The number of aromatic nitrogens is 2. The van der Waals surface area contributed by atoms with E-state index in [0.29, 0.717) is 21.8 Å². The van der Waals surface area contributed by atoms with Gasteiger partial charge in [0.2, 0.25) is 0 Å². The van der Waals surface area contributed by atoms with Crippen molar-refractivity contribution in [1.82, 2.24) is 9.78 Å². The molecule has 4 nitrogen and oxygen atoms in total. The van der Waals surface area contributed by atoms with Crippen molar-refractivity contribution in [2.24, 2.45) is 7.05 Å². The minimum Gasteiger partial charge on any atom is -0.456 e. The van der Waals surface area contributed by atoms with Crippen LogP contribution < -0.4 is 5.43 Å². The predicted molar refractivity (Wildman–Crippen MR) is 87.2 cm³/mol. The molecule has 108 valence electrons. The van der Waals surface area contributed by atoms with Gasteiger partial charge in [0.15, 0.2) is 5.43 Å². The molecule has 0 N–H and O–H groups in total. The Morgan fingerprint density at radius 1 is 1.14 bits per heavy atom. The summed E-state index contributed by atoms with van der Waals surface area (Å²) in [6, 6.07) is 12.3. The first kappa shape index (κ1) is 13.1. The van der Waals surface area contributed by atoms with Crippen LogP contribution in [0.5, 0.6) is 0 Å². The molecular weight excluding hydrogens is 300 g/mol. The summed E-state index contributed by atoms with van der Waals surface area (Å²) in [5.74, 6) is 0.533. The van der Waals surface area contributed by atoms with Gasteiger partial charge in [0, 0.05) is 35.3 Å². The number of aryl methyl sites for hydroxylation is 1. The van der Waals surface area contributed by atoms with Crippen LogP contribution in [0, 0.1) is 0 Å². The molecule has 0 aliphatic rings. The summed E-state index contributed by atoms with van der Waals surface area (Å²) >= 11 is 5.93. The fourth-order valence-electron chi connectivity index (χ4n) is 2.57. The maximum absolute atomic E-state index is 12.3. The average molecular weight is 311 g/mol. The lowest BCUT2D eigenvalue weighted by Crippen LogP contribution is -2.00. The van der Waals surface area contributed by atoms with E-state index in [9.17, 15) is 4.79 Å². The van der Waals surface area contributed by atoms with Crippen molar-refractivity contribution in [2.45, 2.75) is 0 Å². The van der Waals surface area contributed by atoms with E-state index < -0.39 is 0 Å². The molecule has 5 heteroatoms. The number of nitrogens with zero attached hydrogens (tertiary/aromatic N) is 2. The second-order valence-electron chi connectivity index (χ2n) is 5.19. The maximum Gasteiger partial charge on any atom is 0.193 e. The molecule has 0 bridgehead atoms. The van der Waals surface area contributed by atoms with Gasteiger partial charge in [0.25, 0.3) is 0 Å². The Balaban J connectivity index is 1.95. The lowest BCUT2D eigenvalue weighted by atomic mass is 10.1. The van der Waals surface area contributed by atoms with Crippen molar-refractivity contribution in [3.05, 3.63) is 63.9 Å². The van der Waals surface area contributed by atoms with E-state index in [1.807, 2.05) is 31.4 Å². The summed E-state index contributed by atoms with van der Waals surface area (Å²) in [5, 5.41) is 6.34. The van der Waals surface area contributed by atoms with E-state index in [0.717, 1.165) is 16.5 Å². The van der Waals surface area contributed by atoms with E-state index in [4.69, 9.17) is 16.0 Å². The molecule has 2 heterocycles. The monoisotopic (exact) mass is 310 g/mol. The Bertz CT molecular complexity index is 1080. The third-order valence-electron chi connectivity index (χ3n) is 3.59. The highest BCUT2D eigenvalue weighted by atomic mass is 35.5. The first-order chi connectivity index (χ1) is 10.6. The molecule has 0 saturated carbocycles. The third kappa shape index (κ3) is 2.09. The summed E-state index contributed by atoms with van der Waals surface area (Å²) in [5.41, 5.74) is 2.17. The van der Waals surface area contributed by atoms with Crippen LogP contribution in [-0.2, 0) is 7.05 Å². The van der Waals surface area contributed by atoms with Crippen molar-refractivity contribution < 1.29 is 4.42 Å². The quantitative estimate of drug-likeness (QED) is 0.534. The number of hydrogen-bond donors (Lipinski definition) is 0. The fourth-order valence-corrected chi connectivity index (χ4v) is 2.75. The number of halogens is 1. The van der Waals surface area contributed by atoms with Gasteiger partial charge in [-0.05, 0) is 36.4 Å². The molecule has 0 aliphatic heterocycles. The highest BCUT2D eigenvalue weighted by molar-refractivity contribution is 6.31. The molecule has 0 aliphatic carbocycles. The maximum atomic E-state index is 12.3. The Labute approximate surface area is 130 Å². The van der Waals surface area contributed by atoms with E-state index >= 15 is 0 Å². The molecular formula is C17H11ClN2O2. The van der Waals surface area contributed by atoms with Crippen LogP contribution in [0.4, 0.5) is 0 Å². The van der Waals surface area contributed by atoms with Gasteiger partial charge < -0.3 is 4.42 Å². The highest BCUT2D eigenvalue weighted by Gasteiger charge is 2.09. The van der Waals surface area contributed by atoms with Gasteiger partial charge in [-0.3, -0.25) is 9.48 Å². The largest absolute Gasteiger partial charge is 0.456 e. The minimum absolute atomic E-state index is 0.106. The summed E-state index contributed by atoms with van der Waals surface area (Å²) < 4.78 is 7.61. The summed E-state index contributed by atoms with van der Waals surface area (Å²) in [7, 11) is 1.87. The van der Waals surface area contributed by atoms with Gasteiger partial charge in [-0.1, -0.05) is 11.6 Å². The molecule has 0 radical (unpaired) electrons. The van der Waals surface area contributed by atoms with Gasteiger partial charge in [0.05, 0.1) is 10.9 Å². The standard InChI is InChI=1S/C17H11ClN2O2/c1-20-9-11-6-10(2-4-14(11)19-20)17-8-15(21)13-7-12(18)3-5-16(13)22-17/h2-9H,1H3. The van der Waals surface area contributed by atoms with E-state index in [1.54, 1.807) is 22.9 Å². The molecule has 4 rings (SSSR count). The molecule has 0 amide bonds. The first-order valence-electron chi connectivity index (χ1n) is 6.77. The van der Waals surface area contributed by atoms with Crippen LogP contribution >= 0.6 is 11.6 Å². The van der Waals surface area contributed by atoms with Crippen molar-refractivity contribution >= 4 is 33.5 Å². The second kappa shape index (κ2) is 4.71. The molecule has 0 spiro atoms. The molecule has 2 aromatic carbocycles. The van der Waals surface area contributed by atoms with E-state index in [2.05, 4.69) is 5.10 Å². The topological polar surface area (TPSA) is 48.0 Å². The molecule has 4 aromatic rings. The highest BCUT2D eigenvalue weighted by Crippen LogP contribution is 2.26. The first-order valence-corrected chi connectivity index (χ1v) is 7.15. The molecule has 0 saturated heterocycles. The van der Waals surface area contributed by atoms with Crippen LogP contribution in [0.3, 0.4) is 0 Å². The molecule has 0 unspecified atom stereocenters. The molecule has 2 aromatic heterocycles. The van der Waals surface area contributed by atoms with Crippen LogP contribution in [0.1, 0.15) is 0 Å². The van der Waals surface area contributed by atoms with E-state index in [1.165, 1.54) is 6.07 Å². The SMILES string of the molecule is Cn1cc2cc(-c3cc(=O)c4cc(Cl)ccc4o3)ccc2n1. The van der Waals surface area contributed by atoms with Crippen molar-refractivity contribution in [1.29, 1.82) is 0 Å². The summed E-state index contributed by atoms with van der Waals surface area (Å²) in [6.07, 6.45) is 1.93. The van der Waals surface area contributed by atoms with Gasteiger partial charge >= 0.3 is 0 Å². The summed E-state index contributed by atoms with van der Waals surface area (Å²) in [4.78, 5) is 12.3. The normalized spacial score (nSPS) is 11.4. The Hall–Kier alpha value is -2.59. The van der Waals surface area contributed by atoms with Crippen LogP contribution in [0.15, 0.2) is 57.9 Å². The number of rotatable bonds is 1. The predicted octanol–water partition coefficient (Wildman–Crippen LogP) is 4.00.